The first-order chi connectivity index (χ1) is 5.88. The SMILES string of the molecule is O=C(OS(=O)(=O)C(F)(F)F)C(F)(F)F.[Ce].[Pd]. The maximum absolute atomic E-state index is 11.3. The van der Waals surface area contributed by atoms with Gasteiger partial charge in [0, 0.05) is 62.2 Å². The number of halogens is 6. The molecule has 0 fully saturated rings. The minimum Gasteiger partial charge on any atom is -0.331 e. The van der Waals surface area contributed by atoms with Gasteiger partial charge in [0.2, 0.25) is 0 Å². The van der Waals surface area contributed by atoms with Gasteiger partial charge in [-0.15, -0.1) is 0 Å². The van der Waals surface area contributed by atoms with Crippen LogP contribution >= 0.6 is 0 Å². The van der Waals surface area contributed by atoms with Gasteiger partial charge in [-0.3, -0.25) is 0 Å². The molecule has 0 aromatic heterocycles. The van der Waals surface area contributed by atoms with Crippen molar-refractivity contribution in [3.8, 4) is 0 Å². The summed E-state index contributed by atoms with van der Waals surface area (Å²) >= 11 is 0. The van der Waals surface area contributed by atoms with Gasteiger partial charge in [-0.1, -0.05) is 0 Å². The largest absolute Gasteiger partial charge is 0.534 e. The van der Waals surface area contributed by atoms with Crippen LogP contribution in [0.1, 0.15) is 0 Å². The minimum atomic E-state index is -6.55. The zero-order valence-electron chi connectivity index (χ0n) is 6.63. The fourth-order valence-corrected chi connectivity index (χ4v) is 0.582. The number of carbonyl (C=O) groups excluding carboxylic acids is 1. The van der Waals surface area contributed by atoms with Gasteiger partial charge >= 0.3 is 27.8 Å². The molecule has 16 heavy (non-hydrogen) atoms. The Morgan fingerprint density at radius 1 is 1.00 bits per heavy atom. The van der Waals surface area contributed by atoms with Crippen LogP contribution in [0.15, 0.2) is 0 Å². The molecule has 0 aliphatic heterocycles. The second kappa shape index (κ2) is 6.83. The van der Waals surface area contributed by atoms with E-state index >= 15 is 0 Å². The van der Waals surface area contributed by atoms with Gasteiger partial charge in [0.05, 0.1) is 0 Å². The Balaban J connectivity index is -0.000000845. The van der Waals surface area contributed by atoms with E-state index in [1.165, 1.54) is 0 Å². The first-order valence-corrected chi connectivity index (χ1v) is 3.90. The molecule has 98 valence electrons. The molecule has 0 aromatic carbocycles. The van der Waals surface area contributed by atoms with Crippen LogP contribution in [0.5, 0.6) is 0 Å². The molecule has 0 amide bonds. The summed E-state index contributed by atoms with van der Waals surface area (Å²) in [4.78, 5) is 9.70. The fourth-order valence-electron chi connectivity index (χ4n) is 0.194. The van der Waals surface area contributed by atoms with E-state index in [0.717, 1.165) is 0 Å². The van der Waals surface area contributed by atoms with Crippen molar-refractivity contribution in [1.82, 2.24) is 0 Å². The normalized spacial score (nSPS) is 12.1. The average Bonchev–Trinajstić information content (AvgIpc) is 1.80. The van der Waals surface area contributed by atoms with Crippen LogP contribution in [0, 0.1) is 41.7 Å². The summed E-state index contributed by atoms with van der Waals surface area (Å²) < 4.78 is 89.8. The van der Waals surface area contributed by atoms with E-state index in [1.54, 1.807) is 0 Å². The number of alkyl halides is 6. The molecule has 13 heteroatoms. The average molecular weight is 493 g/mol. The van der Waals surface area contributed by atoms with Crippen LogP contribution in [0.25, 0.3) is 0 Å². The number of hydrogen-bond donors (Lipinski definition) is 0. The second-order valence-electron chi connectivity index (χ2n) is 1.77. The Bertz CT molecular complexity index is 333. The Morgan fingerprint density at radius 3 is 1.50 bits per heavy atom. The molecule has 0 saturated carbocycles. The van der Waals surface area contributed by atoms with Crippen molar-refractivity contribution < 1.29 is 106 Å². The number of hydrogen-bond acceptors (Lipinski definition) is 4. The van der Waals surface area contributed by atoms with E-state index < -0.39 is 27.8 Å². The minimum absolute atomic E-state index is 0. The summed E-state index contributed by atoms with van der Waals surface area (Å²) in [6.07, 6.45) is -5.81. The van der Waals surface area contributed by atoms with Gasteiger partial charge in [0.1, 0.15) is 0 Å². The van der Waals surface area contributed by atoms with Crippen molar-refractivity contribution in [3.63, 3.8) is 0 Å². The molecule has 0 unspecified atom stereocenters. The van der Waals surface area contributed by atoms with Crippen molar-refractivity contribution in [3.05, 3.63) is 0 Å². The first kappa shape index (κ1) is 22.2. The summed E-state index contributed by atoms with van der Waals surface area (Å²) in [5, 5.41) is 0. The van der Waals surface area contributed by atoms with E-state index in [1.807, 2.05) is 0 Å². The van der Waals surface area contributed by atoms with Gasteiger partial charge in [0.15, 0.2) is 0 Å². The fraction of sp³-hybridized carbons (Fsp3) is 0.667. The molecule has 0 rings (SSSR count). The number of carbonyl (C=O) groups is 1. The molecule has 0 radical (unpaired) electrons. The summed E-state index contributed by atoms with van der Waals surface area (Å²) in [6, 6.07) is 0. The predicted molar refractivity (Wildman–Crippen MR) is 27.1 cm³/mol. The summed E-state index contributed by atoms with van der Waals surface area (Å²) in [5.74, 6) is -3.45. The van der Waals surface area contributed by atoms with Gasteiger partial charge in [-0.05, 0) is 0 Å². The molecule has 0 N–H and O–H groups in total. The van der Waals surface area contributed by atoms with E-state index in [9.17, 15) is 39.6 Å². The van der Waals surface area contributed by atoms with Gasteiger partial charge < -0.3 is 4.18 Å². The Hall–Kier alpha value is 1.04. The Morgan fingerprint density at radius 2 is 1.31 bits per heavy atom. The van der Waals surface area contributed by atoms with E-state index in [2.05, 4.69) is 4.18 Å². The first-order valence-electron chi connectivity index (χ1n) is 2.50. The molecule has 0 bridgehead atoms. The van der Waals surface area contributed by atoms with E-state index in [4.69, 9.17) is 0 Å². The third-order valence-electron chi connectivity index (χ3n) is 0.700. The molecular weight excluding hydrogens is 493 g/mol. The van der Waals surface area contributed by atoms with Crippen LogP contribution in [0.2, 0.25) is 0 Å². The quantitative estimate of drug-likeness (QED) is 0.237. The molecule has 4 nitrogen and oxygen atoms in total. The zero-order valence-corrected chi connectivity index (χ0v) is 12.1. The van der Waals surface area contributed by atoms with Gasteiger partial charge in [0.25, 0.3) is 0 Å². The van der Waals surface area contributed by atoms with Crippen molar-refractivity contribution in [2.45, 2.75) is 11.7 Å². The van der Waals surface area contributed by atoms with Crippen LogP contribution in [-0.4, -0.2) is 26.1 Å². The third-order valence-corrected chi connectivity index (χ3v) is 1.64. The second-order valence-corrected chi connectivity index (χ2v) is 3.31. The summed E-state index contributed by atoms with van der Waals surface area (Å²) in [6.45, 7) is 0. The predicted octanol–water partition coefficient (Wildman–Crippen LogP) is 0.939. The Labute approximate surface area is 132 Å². The van der Waals surface area contributed by atoms with Crippen LogP contribution in [-0.2, 0) is 39.5 Å². The van der Waals surface area contributed by atoms with Crippen LogP contribution < -0.4 is 0 Å². The van der Waals surface area contributed by atoms with E-state index in [-0.39, 0.29) is 62.2 Å². The maximum Gasteiger partial charge on any atom is 0.534 e. The van der Waals surface area contributed by atoms with Crippen molar-refractivity contribution in [1.29, 1.82) is 0 Å². The molecule has 0 aliphatic rings. The third kappa shape index (κ3) is 6.70. The van der Waals surface area contributed by atoms with Crippen LogP contribution in [0.3, 0.4) is 0 Å². The molecule has 0 atom stereocenters. The van der Waals surface area contributed by atoms with Gasteiger partial charge in [-0.25, -0.2) is 4.79 Å². The molecule has 0 saturated heterocycles. The van der Waals surface area contributed by atoms with Crippen molar-refractivity contribution in [2.24, 2.45) is 0 Å². The summed E-state index contributed by atoms with van der Waals surface area (Å²) in [7, 11) is -6.55. The van der Waals surface area contributed by atoms with E-state index in [0.29, 0.717) is 0 Å². The van der Waals surface area contributed by atoms with Crippen LogP contribution in [0.4, 0.5) is 26.3 Å². The standard InChI is InChI=1S/C3F6O4S.Ce.Pd/c4-2(5,6)1(10)13-14(11,12)3(7,8)9;;. The van der Waals surface area contributed by atoms with Gasteiger partial charge in [-0.2, -0.15) is 34.8 Å². The van der Waals surface area contributed by atoms with Crippen molar-refractivity contribution in [2.75, 3.05) is 0 Å². The summed E-state index contributed by atoms with van der Waals surface area (Å²) in [5.41, 5.74) is -6.08. The molecular formula is C3CeF6O4PdS. The topological polar surface area (TPSA) is 60.4 Å². The molecule has 0 aromatic rings. The zero-order chi connectivity index (χ0) is 11.8. The molecule has 0 aliphatic carbocycles. The molecule has 0 heterocycles. The Kier molecular flexibility index (Phi) is 9.50. The molecule has 0 spiro atoms. The number of rotatable bonds is 1. The maximum atomic E-state index is 11.3. The monoisotopic (exact) mass is 492 g/mol. The van der Waals surface area contributed by atoms with Crippen molar-refractivity contribution >= 4 is 16.1 Å². The smallest absolute Gasteiger partial charge is 0.331 e.